The van der Waals surface area contributed by atoms with Crippen molar-refractivity contribution < 1.29 is 48.3 Å². The SMILES string of the molecule is CC(=O)NC(Cc1ccccc1)C(=O)O.CC(=O)NC(Cc1ccccc1)C(=O)O.COC(OC)[C@H](CC(C)C)NN[C@H](CC(C)C)C(OC)OC. The molecule has 0 bridgehead atoms. The Hall–Kier alpha value is -3.92. The van der Waals surface area contributed by atoms with Gasteiger partial charge in [-0.15, -0.1) is 0 Å². The first-order valence-electron chi connectivity index (χ1n) is 17.3. The Balaban J connectivity index is 0.000000771. The Morgan fingerprint density at radius 1 is 0.558 bits per heavy atom. The maximum Gasteiger partial charge on any atom is 0.326 e. The van der Waals surface area contributed by atoms with Crippen LogP contribution < -0.4 is 21.5 Å². The predicted octanol–water partition coefficient (Wildman–Crippen LogP) is 3.78. The Morgan fingerprint density at radius 2 is 0.846 bits per heavy atom. The summed E-state index contributed by atoms with van der Waals surface area (Å²) in [6, 6.07) is 16.8. The lowest BCUT2D eigenvalue weighted by Gasteiger charge is -2.32. The number of hydrazine groups is 1. The molecule has 0 aromatic heterocycles. The highest BCUT2D eigenvalue weighted by Gasteiger charge is 2.27. The molecule has 0 aliphatic heterocycles. The monoisotopic (exact) mass is 734 g/mol. The van der Waals surface area contributed by atoms with Crippen LogP contribution >= 0.6 is 0 Å². The van der Waals surface area contributed by atoms with E-state index in [1.165, 1.54) is 13.8 Å². The number of nitrogens with one attached hydrogen (secondary N) is 4. The summed E-state index contributed by atoms with van der Waals surface area (Å²) in [5.74, 6) is -1.66. The molecule has 2 amide bonds. The number of ether oxygens (including phenoxy) is 4. The number of carboxylic acids is 2. The second-order valence-electron chi connectivity index (χ2n) is 13.0. The fourth-order valence-electron chi connectivity index (χ4n) is 5.15. The summed E-state index contributed by atoms with van der Waals surface area (Å²) in [5.41, 5.74) is 8.47. The van der Waals surface area contributed by atoms with Crippen molar-refractivity contribution in [3.63, 3.8) is 0 Å². The lowest BCUT2D eigenvalue weighted by molar-refractivity contribution is -0.143. The van der Waals surface area contributed by atoms with E-state index >= 15 is 0 Å². The molecule has 0 fully saturated rings. The number of amides is 2. The van der Waals surface area contributed by atoms with Crippen molar-refractivity contribution in [3.05, 3.63) is 71.8 Å². The fraction of sp³-hybridized carbons (Fsp3) is 0.579. The molecular weight excluding hydrogens is 672 g/mol. The van der Waals surface area contributed by atoms with Crippen molar-refractivity contribution in [2.24, 2.45) is 11.8 Å². The maximum atomic E-state index is 10.8. The number of hydrogen-bond acceptors (Lipinski definition) is 10. The van der Waals surface area contributed by atoms with E-state index in [4.69, 9.17) is 29.2 Å². The van der Waals surface area contributed by atoms with E-state index in [0.717, 1.165) is 24.0 Å². The van der Waals surface area contributed by atoms with Crippen molar-refractivity contribution >= 4 is 23.8 Å². The Labute approximate surface area is 309 Å². The van der Waals surface area contributed by atoms with Gasteiger partial charge in [0.1, 0.15) is 12.1 Å². The number of methoxy groups -OCH3 is 4. The van der Waals surface area contributed by atoms with Crippen LogP contribution in [0.1, 0.15) is 65.5 Å². The van der Waals surface area contributed by atoms with Crippen LogP contribution in [0.25, 0.3) is 0 Å². The van der Waals surface area contributed by atoms with Gasteiger partial charge in [-0.25, -0.2) is 20.4 Å². The van der Waals surface area contributed by atoms with Gasteiger partial charge in [-0.1, -0.05) is 88.4 Å². The standard InChI is InChI=1S/C16H36N2O4.2C11H13NO3/c1-11(2)9-13(15(19-5)20-6)17-18-14(10-12(3)4)16(21-7)22-8;2*1-8(13)12-10(11(14)15)7-9-5-3-2-4-6-9/h11-18H,9-10H2,1-8H3;2*2-6,10H,7H2,1H3,(H,12,13)(H,14,15)/t13-,14+;;. The second kappa shape index (κ2) is 27.7. The molecule has 0 aliphatic rings. The summed E-state index contributed by atoms with van der Waals surface area (Å²) in [4.78, 5) is 43.2. The zero-order chi connectivity index (χ0) is 39.6. The minimum Gasteiger partial charge on any atom is -0.480 e. The summed E-state index contributed by atoms with van der Waals surface area (Å²) < 4.78 is 21.6. The minimum atomic E-state index is -1.02. The van der Waals surface area contributed by atoms with Gasteiger partial charge in [0.2, 0.25) is 11.8 Å². The van der Waals surface area contributed by atoms with Crippen LogP contribution in [-0.2, 0) is 51.0 Å². The number of carboxylic acid groups (broad SMARTS) is 2. The van der Waals surface area contributed by atoms with Crippen LogP contribution in [0.2, 0.25) is 0 Å². The third kappa shape index (κ3) is 22.1. The summed E-state index contributed by atoms with van der Waals surface area (Å²) in [6.07, 6.45) is 1.85. The highest BCUT2D eigenvalue weighted by atomic mass is 16.7. The summed E-state index contributed by atoms with van der Waals surface area (Å²) in [6.45, 7) is 11.3. The van der Waals surface area contributed by atoms with Crippen LogP contribution in [0.5, 0.6) is 0 Å². The number of carbonyl (C=O) groups excluding carboxylic acids is 2. The van der Waals surface area contributed by atoms with E-state index in [1.807, 2.05) is 60.7 Å². The van der Waals surface area contributed by atoms with E-state index in [9.17, 15) is 19.2 Å². The van der Waals surface area contributed by atoms with Crippen LogP contribution in [0, 0.1) is 11.8 Å². The smallest absolute Gasteiger partial charge is 0.326 e. The molecule has 52 heavy (non-hydrogen) atoms. The molecule has 14 nitrogen and oxygen atoms in total. The average molecular weight is 735 g/mol. The van der Waals surface area contributed by atoms with Crippen LogP contribution in [0.4, 0.5) is 0 Å². The number of aliphatic carboxylic acids is 2. The molecule has 2 unspecified atom stereocenters. The number of benzene rings is 2. The first-order chi connectivity index (χ1) is 24.6. The molecule has 0 spiro atoms. The molecule has 294 valence electrons. The number of rotatable bonds is 21. The lowest BCUT2D eigenvalue weighted by atomic mass is 10.0. The Morgan fingerprint density at radius 3 is 1.06 bits per heavy atom. The van der Waals surface area contributed by atoms with Crippen LogP contribution in [-0.4, -0.2) is 99.2 Å². The van der Waals surface area contributed by atoms with Gasteiger partial charge in [0.15, 0.2) is 12.6 Å². The molecular formula is C38H62N4O10. The van der Waals surface area contributed by atoms with Gasteiger partial charge in [-0.05, 0) is 35.8 Å². The molecule has 4 atom stereocenters. The van der Waals surface area contributed by atoms with Crippen LogP contribution in [0.15, 0.2) is 60.7 Å². The van der Waals surface area contributed by atoms with Crippen molar-refractivity contribution in [1.82, 2.24) is 21.5 Å². The van der Waals surface area contributed by atoms with Crippen molar-refractivity contribution in [3.8, 4) is 0 Å². The van der Waals surface area contributed by atoms with Gasteiger partial charge in [0.25, 0.3) is 0 Å². The quantitative estimate of drug-likeness (QED) is 0.0805. The molecule has 2 rings (SSSR count). The third-order valence-corrected chi connectivity index (χ3v) is 7.41. The van der Waals surface area contributed by atoms with Crippen molar-refractivity contribution in [2.45, 2.75) is 104 Å². The summed E-state index contributed by atoms with van der Waals surface area (Å²) in [5, 5.41) is 22.5. The van der Waals surface area contributed by atoms with E-state index in [2.05, 4.69) is 49.2 Å². The van der Waals surface area contributed by atoms with Crippen molar-refractivity contribution in [1.29, 1.82) is 0 Å². The van der Waals surface area contributed by atoms with Gasteiger partial charge >= 0.3 is 11.9 Å². The molecule has 0 aliphatic carbocycles. The highest BCUT2D eigenvalue weighted by molar-refractivity contribution is 5.82. The van der Waals surface area contributed by atoms with Gasteiger partial charge in [-0.2, -0.15) is 0 Å². The fourth-order valence-corrected chi connectivity index (χ4v) is 5.15. The second-order valence-corrected chi connectivity index (χ2v) is 13.0. The molecule has 0 saturated heterocycles. The normalized spacial score (nSPS) is 13.3. The summed E-state index contributed by atoms with van der Waals surface area (Å²) in [7, 11) is 6.62. The Bertz CT molecular complexity index is 1160. The first-order valence-corrected chi connectivity index (χ1v) is 17.3. The molecule has 6 N–H and O–H groups in total. The molecule has 0 heterocycles. The van der Waals surface area contributed by atoms with Gasteiger partial charge in [0.05, 0.1) is 12.1 Å². The van der Waals surface area contributed by atoms with Gasteiger partial charge in [0, 0.05) is 55.1 Å². The molecule has 2 aromatic rings. The van der Waals surface area contributed by atoms with E-state index in [-0.39, 0.29) is 36.5 Å². The molecule has 14 heteroatoms. The molecule has 0 radical (unpaired) electrons. The van der Waals surface area contributed by atoms with Crippen LogP contribution in [0.3, 0.4) is 0 Å². The minimum absolute atomic E-state index is 0.0408. The highest BCUT2D eigenvalue weighted by Crippen LogP contribution is 2.14. The number of hydrogen-bond donors (Lipinski definition) is 6. The van der Waals surface area contributed by atoms with E-state index < -0.39 is 24.0 Å². The van der Waals surface area contributed by atoms with E-state index in [0.29, 0.717) is 24.7 Å². The van der Waals surface area contributed by atoms with Gasteiger partial charge in [-0.3, -0.25) is 9.59 Å². The predicted molar refractivity (Wildman–Crippen MR) is 199 cm³/mol. The Kier molecular flexibility index (Phi) is 25.6. The summed E-state index contributed by atoms with van der Waals surface area (Å²) >= 11 is 0. The average Bonchev–Trinajstić information content (AvgIpc) is 3.08. The molecule has 0 saturated carbocycles. The number of carbonyl (C=O) groups is 4. The van der Waals surface area contributed by atoms with Gasteiger partial charge < -0.3 is 39.8 Å². The third-order valence-electron chi connectivity index (χ3n) is 7.41. The van der Waals surface area contributed by atoms with E-state index in [1.54, 1.807) is 28.4 Å². The maximum absolute atomic E-state index is 10.8. The topological polar surface area (TPSA) is 194 Å². The largest absolute Gasteiger partial charge is 0.480 e. The lowest BCUT2D eigenvalue weighted by Crippen LogP contribution is -2.56. The molecule has 2 aromatic carbocycles. The zero-order valence-electron chi connectivity index (χ0n) is 32.4. The van der Waals surface area contributed by atoms with Crippen molar-refractivity contribution in [2.75, 3.05) is 28.4 Å². The first kappa shape index (κ1) is 48.1. The zero-order valence-corrected chi connectivity index (χ0v) is 32.4.